The van der Waals surface area contributed by atoms with Gasteiger partial charge in [-0.05, 0) is 33.6 Å². The average molecular weight is 293 g/mol. The van der Waals surface area contributed by atoms with Crippen LogP contribution in [0.2, 0.25) is 0 Å². The zero-order valence-electron chi connectivity index (χ0n) is 8.66. The molecule has 0 saturated heterocycles. The van der Waals surface area contributed by atoms with Gasteiger partial charge >= 0.3 is 5.97 Å². The summed E-state index contributed by atoms with van der Waals surface area (Å²) in [7, 11) is 2.44. The average Bonchev–Trinajstić information content (AvgIpc) is 2.30. The van der Waals surface area contributed by atoms with Gasteiger partial charge in [-0.15, -0.1) is 0 Å². The van der Waals surface area contributed by atoms with Gasteiger partial charge in [-0.25, -0.2) is 9.18 Å². The molecule has 0 amide bonds. The molecule has 0 aliphatic heterocycles. The topological polar surface area (TPSA) is 55.8 Å². The molecule has 0 radical (unpaired) electrons. The molecule has 0 fully saturated rings. The van der Waals surface area contributed by atoms with E-state index in [1.165, 1.54) is 19.2 Å². The Morgan fingerprint density at radius 2 is 2.12 bits per heavy atom. The van der Waals surface area contributed by atoms with Gasteiger partial charge in [-0.3, -0.25) is 0 Å². The molecule has 0 heterocycles. The van der Waals surface area contributed by atoms with E-state index in [1.54, 1.807) is 0 Å². The molecule has 6 heteroatoms. The van der Waals surface area contributed by atoms with E-state index in [9.17, 15) is 14.3 Å². The predicted molar refractivity (Wildman–Crippen MR) is 57.6 cm³/mol. The fraction of sp³-hybridized carbons (Fsp3) is 0.300. The van der Waals surface area contributed by atoms with Crippen LogP contribution in [0.3, 0.4) is 0 Å². The van der Waals surface area contributed by atoms with Crippen LogP contribution in [0.25, 0.3) is 0 Å². The van der Waals surface area contributed by atoms with Gasteiger partial charge in [0.1, 0.15) is 0 Å². The van der Waals surface area contributed by atoms with E-state index in [-0.39, 0.29) is 15.8 Å². The van der Waals surface area contributed by atoms with E-state index in [2.05, 4.69) is 20.7 Å². The lowest BCUT2D eigenvalue weighted by Gasteiger charge is -2.11. The standard InChI is InChI=1S/C10H10BrFO4/c1-15-7-4-5(3-6(11)8(7)12)9(13)10(14)16-2/h3-4,9,13H,1-2H3. The summed E-state index contributed by atoms with van der Waals surface area (Å²) in [6.45, 7) is 0. The fourth-order valence-electron chi connectivity index (χ4n) is 1.14. The van der Waals surface area contributed by atoms with Crippen molar-refractivity contribution in [1.29, 1.82) is 0 Å². The molecule has 88 valence electrons. The Morgan fingerprint density at radius 3 is 2.62 bits per heavy atom. The van der Waals surface area contributed by atoms with E-state index in [1.807, 2.05) is 0 Å². The lowest BCUT2D eigenvalue weighted by Crippen LogP contribution is -2.13. The second-order valence-corrected chi connectivity index (χ2v) is 3.80. The van der Waals surface area contributed by atoms with Crippen molar-refractivity contribution in [3.05, 3.63) is 28.0 Å². The molecule has 1 unspecified atom stereocenters. The van der Waals surface area contributed by atoms with E-state index < -0.39 is 17.9 Å². The number of carbonyl (C=O) groups is 1. The van der Waals surface area contributed by atoms with Crippen LogP contribution < -0.4 is 4.74 Å². The first kappa shape index (κ1) is 12.9. The molecule has 1 aromatic carbocycles. The number of carbonyl (C=O) groups excluding carboxylic acids is 1. The van der Waals surface area contributed by atoms with E-state index in [0.717, 1.165) is 7.11 Å². The first-order chi connectivity index (χ1) is 7.51. The number of aliphatic hydroxyl groups excluding tert-OH is 1. The Kier molecular flexibility index (Phi) is 4.26. The quantitative estimate of drug-likeness (QED) is 0.863. The fourth-order valence-corrected chi connectivity index (χ4v) is 1.60. The van der Waals surface area contributed by atoms with Gasteiger partial charge in [-0.2, -0.15) is 0 Å². The maximum Gasteiger partial charge on any atom is 0.339 e. The third-order valence-electron chi connectivity index (χ3n) is 1.98. The zero-order valence-corrected chi connectivity index (χ0v) is 10.2. The number of esters is 1. The number of benzene rings is 1. The molecule has 0 aliphatic rings. The van der Waals surface area contributed by atoms with Crippen molar-refractivity contribution in [1.82, 2.24) is 0 Å². The first-order valence-corrected chi connectivity index (χ1v) is 5.09. The molecule has 1 aromatic rings. The predicted octanol–water partition coefficient (Wildman–Crippen LogP) is 1.80. The smallest absolute Gasteiger partial charge is 0.339 e. The van der Waals surface area contributed by atoms with Crippen LogP contribution in [0.4, 0.5) is 4.39 Å². The van der Waals surface area contributed by atoms with Crippen molar-refractivity contribution in [2.24, 2.45) is 0 Å². The van der Waals surface area contributed by atoms with Gasteiger partial charge in [-0.1, -0.05) is 0 Å². The van der Waals surface area contributed by atoms with Crippen LogP contribution >= 0.6 is 15.9 Å². The Morgan fingerprint density at radius 1 is 1.50 bits per heavy atom. The molecule has 0 spiro atoms. The van der Waals surface area contributed by atoms with Gasteiger partial charge in [0.2, 0.25) is 0 Å². The number of aliphatic hydroxyl groups is 1. The molecule has 0 bridgehead atoms. The number of hydrogen-bond donors (Lipinski definition) is 1. The summed E-state index contributed by atoms with van der Waals surface area (Å²) in [5.41, 5.74) is 0.192. The number of halogens is 2. The molecular formula is C10H10BrFO4. The summed E-state index contributed by atoms with van der Waals surface area (Å²) in [4.78, 5) is 11.1. The van der Waals surface area contributed by atoms with Crippen molar-refractivity contribution in [2.75, 3.05) is 14.2 Å². The highest BCUT2D eigenvalue weighted by Gasteiger charge is 2.21. The molecule has 0 aromatic heterocycles. The summed E-state index contributed by atoms with van der Waals surface area (Å²) in [6, 6.07) is 2.53. The molecule has 1 N–H and O–H groups in total. The summed E-state index contributed by atoms with van der Waals surface area (Å²) in [5.74, 6) is -1.48. The Balaban J connectivity index is 3.16. The molecule has 16 heavy (non-hydrogen) atoms. The normalized spacial score (nSPS) is 12.1. The van der Waals surface area contributed by atoms with Crippen LogP contribution in [0.15, 0.2) is 16.6 Å². The van der Waals surface area contributed by atoms with Crippen molar-refractivity contribution in [3.63, 3.8) is 0 Å². The van der Waals surface area contributed by atoms with E-state index in [0.29, 0.717) is 0 Å². The second-order valence-electron chi connectivity index (χ2n) is 2.94. The molecular weight excluding hydrogens is 283 g/mol. The molecule has 1 rings (SSSR count). The van der Waals surface area contributed by atoms with Crippen LogP contribution in [-0.2, 0) is 9.53 Å². The minimum absolute atomic E-state index is 0.0627. The largest absolute Gasteiger partial charge is 0.494 e. The summed E-state index contributed by atoms with van der Waals surface area (Å²) < 4.78 is 22.6. The third-order valence-corrected chi connectivity index (χ3v) is 2.55. The minimum Gasteiger partial charge on any atom is -0.494 e. The van der Waals surface area contributed by atoms with Gasteiger partial charge in [0.15, 0.2) is 17.7 Å². The van der Waals surface area contributed by atoms with Crippen LogP contribution in [-0.4, -0.2) is 25.3 Å². The molecule has 4 nitrogen and oxygen atoms in total. The summed E-state index contributed by atoms with van der Waals surface area (Å²) >= 11 is 2.96. The number of methoxy groups -OCH3 is 2. The van der Waals surface area contributed by atoms with Crippen LogP contribution in [0.1, 0.15) is 11.7 Å². The Hall–Kier alpha value is -1.14. The SMILES string of the molecule is COC(=O)C(O)c1cc(Br)c(F)c(OC)c1. The number of rotatable bonds is 3. The zero-order chi connectivity index (χ0) is 12.3. The highest BCUT2D eigenvalue weighted by Crippen LogP contribution is 2.29. The summed E-state index contributed by atoms with van der Waals surface area (Å²) in [6.07, 6.45) is -1.46. The van der Waals surface area contributed by atoms with E-state index in [4.69, 9.17) is 4.74 Å². The molecule has 1 atom stereocenters. The monoisotopic (exact) mass is 292 g/mol. The van der Waals surface area contributed by atoms with E-state index >= 15 is 0 Å². The van der Waals surface area contributed by atoms with Gasteiger partial charge in [0.05, 0.1) is 18.7 Å². The molecule has 0 saturated carbocycles. The number of ether oxygens (including phenoxy) is 2. The minimum atomic E-state index is -1.46. The highest BCUT2D eigenvalue weighted by molar-refractivity contribution is 9.10. The van der Waals surface area contributed by atoms with Crippen LogP contribution in [0, 0.1) is 5.82 Å². The second kappa shape index (κ2) is 5.27. The van der Waals surface area contributed by atoms with Crippen molar-refractivity contribution < 1.29 is 23.8 Å². The highest BCUT2D eigenvalue weighted by atomic mass is 79.9. The lowest BCUT2D eigenvalue weighted by atomic mass is 10.1. The maximum atomic E-state index is 13.4. The van der Waals surface area contributed by atoms with Gasteiger partial charge < -0.3 is 14.6 Å². The summed E-state index contributed by atoms with van der Waals surface area (Å²) in [5, 5.41) is 9.55. The van der Waals surface area contributed by atoms with Crippen LogP contribution in [0.5, 0.6) is 5.75 Å². The van der Waals surface area contributed by atoms with Gasteiger partial charge in [0, 0.05) is 0 Å². The molecule has 0 aliphatic carbocycles. The first-order valence-electron chi connectivity index (χ1n) is 4.30. The lowest BCUT2D eigenvalue weighted by molar-refractivity contribution is -0.150. The van der Waals surface area contributed by atoms with Crippen molar-refractivity contribution in [2.45, 2.75) is 6.10 Å². The number of hydrogen-bond acceptors (Lipinski definition) is 4. The maximum absolute atomic E-state index is 13.4. The Labute approximate surface area is 100 Å². The Bertz CT molecular complexity index is 408. The van der Waals surface area contributed by atoms with Gasteiger partial charge in [0.25, 0.3) is 0 Å². The third kappa shape index (κ3) is 2.51. The van der Waals surface area contributed by atoms with Crippen molar-refractivity contribution in [3.8, 4) is 5.75 Å². The van der Waals surface area contributed by atoms with Crippen molar-refractivity contribution >= 4 is 21.9 Å².